The topological polar surface area (TPSA) is 29.5 Å². The second-order valence-corrected chi connectivity index (χ2v) is 7.45. The molecule has 1 amide bonds. The Bertz CT molecular complexity index is 690. The smallest absolute Gasteiger partial charge is 0.228 e. The van der Waals surface area contributed by atoms with Crippen LogP contribution in [0.2, 0.25) is 0 Å². The molecule has 0 spiro atoms. The molecule has 0 N–H and O–H groups in total. The number of amides is 1. The maximum Gasteiger partial charge on any atom is 0.228 e. The van der Waals surface area contributed by atoms with Crippen molar-refractivity contribution in [2.45, 2.75) is 11.8 Å². The van der Waals surface area contributed by atoms with Gasteiger partial charge in [-0.05, 0) is 23.8 Å². The summed E-state index contributed by atoms with van der Waals surface area (Å²) in [6.45, 7) is 0.791. The molecule has 0 bridgehead atoms. The number of hydrogen-bond acceptors (Lipinski definition) is 3. The van der Waals surface area contributed by atoms with Gasteiger partial charge in [0.25, 0.3) is 0 Å². The van der Waals surface area contributed by atoms with Gasteiger partial charge in [0.1, 0.15) is 11.1 Å². The summed E-state index contributed by atoms with van der Waals surface area (Å²) in [5.41, 5.74) is 2.11. The fourth-order valence-corrected chi connectivity index (χ4v) is 4.28. The summed E-state index contributed by atoms with van der Waals surface area (Å²) in [5.74, 6) is 1.89. The first kappa shape index (κ1) is 16.4. The Morgan fingerprint density at radius 2 is 2.00 bits per heavy atom. The summed E-state index contributed by atoms with van der Waals surface area (Å²) < 4.78 is 6.40. The standard InChI is InChI=1S/C18H18BrNO2S/c1-22-16-5-3-2-4-14(16)12-17(21)20-10-11-23-18(20)13-6-8-15(19)9-7-13/h2-9,18H,10-12H2,1H3. The lowest BCUT2D eigenvalue weighted by molar-refractivity contribution is -0.130. The molecule has 1 unspecified atom stereocenters. The molecule has 0 aliphatic carbocycles. The monoisotopic (exact) mass is 391 g/mol. The Morgan fingerprint density at radius 3 is 2.74 bits per heavy atom. The minimum absolute atomic E-state index is 0.102. The van der Waals surface area contributed by atoms with E-state index < -0.39 is 0 Å². The molecule has 5 heteroatoms. The van der Waals surface area contributed by atoms with Crippen molar-refractivity contribution in [2.75, 3.05) is 19.4 Å². The molecule has 1 atom stereocenters. The number of hydrogen-bond donors (Lipinski definition) is 0. The number of nitrogens with zero attached hydrogens (tertiary/aromatic N) is 1. The first-order chi connectivity index (χ1) is 11.2. The number of benzene rings is 2. The fourth-order valence-electron chi connectivity index (χ4n) is 2.74. The van der Waals surface area contributed by atoms with E-state index in [9.17, 15) is 4.79 Å². The van der Waals surface area contributed by atoms with Gasteiger partial charge >= 0.3 is 0 Å². The van der Waals surface area contributed by atoms with Gasteiger partial charge in [0.2, 0.25) is 5.91 Å². The van der Waals surface area contributed by atoms with E-state index in [0.29, 0.717) is 6.42 Å². The quantitative estimate of drug-likeness (QED) is 0.778. The van der Waals surface area contributed by atoms with Crippen LogP contribution in [0.3, 0.4) is 0 Å². The number of ether oxygens (including phenoxy) is 1. The van der Waals surface area contributed by atoms with Gasteiger partial charge < -0.3 is 9.64 Å². The van der Waals surface area contributed by atoms with Crippen LogP contribution in [-0.4, -0.2) is 30.2 Å². The number of rotatable bonds is 4. The van der Waals surface area contributed by atoms with E-state index in [4.69, 9.17) is 4.74 Å². The van der Waals surface area contributed by atoms with E-state index in [1.165, 1.54) is 5.56 Å². The zero-order chi connectivity index (χ0) is 16.2. The number of methoxy groups -OCH3 is 1. The maximum atomic E-state index is 12.8. The van der Waals surface area contributed by atoms with E-state index in [1.807, 2.05) is 53.1 Å². The fraction of sp³-hybridized carbons (Fsp3) is 0.278. The Morgan fingerprint density at radius 1 is 1.26 bits per heavy atom. The maximum absolute atomic E-state index is 12.8. The van der Waals surface area contributed by atoms with Gasteiger partial charge in [-0.1, -0.05) is 46.3 Å². The molecule has 2 aromatic rings. The van der Waals surface area contributed by atoms with Crippen LogP contribution in [0.25, 0.3) is 0 Å². The zero-order valence-corrected chi connectivity index (χ0v) is 15.3. The van der Waals surface area contributed by atoms with Gasteiger partial charge in [-0.15, -0.1) is 11.8 Å². The average molecular weight is 392 g/mol. The van der Waals surface area contributed by atoms with Gasteiger partial charge in [0.05, 0.1) is 13.5 Å². The normalized spacial score (nSPS) is 17.3. The molecule has 2 aromatic carbocycles. The first-order valence-corrected chi connectivity index (χ1v) is 9.31. The lowest BCUT2D eigenvalue weighted by Crippen LogP contribution is -2.31. The van der Waals surface area contributed by atoms with Crippen LogP contribution in [0.4, 0.5) is 0 Å². The van der Waals surface area contributed by atoms with E-state index in [0.717, 1.165) is 28.1 Å². The Kier molecular flexibility index (Phi) is 5.28. The highest BCUT2D eigenvalue weighted by molar-refractivity contribution is 9.10. The molecular formula is C18H18BrNO2S. The summed E-state index contributed by atoms with van der Waals surface area (Å²) >= 11 is 5.27. The number of carbonyl (C=O) groups is 1. The number of para-hydroxylation sites is 1. The lowest BCUT2D eigenvalue weighted by Gasteiger charge is -2.24. The van der Waals surface area contributed by atoms with Crippen molar-refractivity contribution in [3.05, 3.63) is 64.1 Å². The van der Waals surface area contributed by atoms with E-state index in [-0.39, 0.29) is 11.3 Å². The lowest BCUT2D eigenvalue weighted by atomic mass is 10.1. The van der Waals surface area contributed by atoms with Crippen LogP contribution in [0.5, 0.6) is 5.75 Å². The summed E-state index contributed by atoms with van der Waals surface area (Å²) in [4.78, 5) is 14.8. The summed E-state index contributed by atoms with van der Waals surface area (Å²) in [5, 5.41) is 0.102. The van der Waals surface area contributed by atoms with E-state index in [2.05, 4.69) is 28.1 Å². The molecule has 0 aromatic heterocycles. The highest BCUT2D eigenvalue weighted by Gasteiger charge is 2.30. The average Bonchev–Trinajstić information content (AvgIpc) is 3.06. The van der Waals surface area contributed by atoms with Crippen LogP contribution in [0.15, 0.2) is 53.0 Å². The van der Waals surface area contributed by atoms with E-state index >= 15 is 0 Å². The summed E-state index contributed by atoms with van der Waals surface area (Å²) in [6, 6.07) is 15.9. The molecule has 0 saturated carbocycles. The molecule has 23 heavy (non-hydrogen) atoms. The van der Waals surface area contributed by atoms with Gasteiger partial charge in [-0.3, -0.25) is 4.79 Å². The zero-order valence-electron chi connectivity index (χ0n) is 12.9. The molecule has 3 rings (SSSR count). The molecule has 1 aliphatic rings. The minimum Gasteiger partial charge on any atom is -0.496 e. The van der Waals surface area contributed by atoms with Crippen molar-refractivity contribution in [3.8, 4) is 5.75 Å². The SMILES string of the molecule is COc1ccccc1CC(=O)N1CCSC1c1ccc(Br)cc1. The van der Waals surface area contributed by atoms with Gasteiger partial charge in [-0.2, -0.15) is 0 Å². The van der Waals surface area contributed by atoms with Crippen LogP contribution >= 0.6 is 27.7 Å². The van der Waals surface area contributed by atoms with Crippen LogP contribution in [0, 0.1) is 0 Å². The summed E-state index contributed by atoms with van der Waals surface area (Å²) in [7, 11) is 1.64. The van der Waals surface area contributed by atoms with Crippen molar-refractivity contribution in [3.63, 3.8) is 0 Å². The van der Waals surface area contributed by atoms with Crippen LogP contribution in [0.1, 0.15) is 16.5 Å². The predicted octanol–water partition coefficient (Wildman–Crippen LogP) is 4.27. The molecule has 120 valence electrons. The number of thioether (sulfide) groups is 1. The van der Waals surface area contributed by atoms with Crippen LogP contribution < -0.4 is 4.74 Å². The summed E-state index contributed by atoms with van der Waals surface area (Å²) in [6.07, 6.45) is 0.373. The molecule has 0 radical (unpaired) electrons. The largest absolute Gasteiger partial charge is 0.496 e. The second-order valence-electron chi connectivity index (χ2n) is 5.35. The number of carbonyl (C=O) groups excluding carboxylic acids is 1. The van der Waals surface area contributed by atoms with Crippen molar-refractivity contribution < 1.29 is 9.53 Å². The molecule has 1 aliphatic heterocycles. The van der Waals surface area contributed by atoms with Crippen LogP contribution in [-0.2, 0) is 11.2 Å². The van der Waals surface area contributed by atoms with Gasteiger partial charge in [-0.25, -0.2) is 0 Å². The third-order valence-electron chi connectivity index (χ3n) is 3.90. The minimum atomic E-state index is 0.102. The van der Waals surface area contributed by atoms with Gasteiger partial charge in [0, 0.05) is 22.3 Å². The third-order valence-corrected chi connectivity index (χ3v) is 5.69. The molecule has 3 nitrogen and oxygen atoms in total. The third kappa shape index (κ3) is 3.72. The highest BCUT2D eigenvalue weighted by atomic mass is 79.9. The van der Waals surface area contributed by atoms with Crippen molar-refractivity contribution in [2.24, 2.45) is 0 Å². The molecular weight excluding hydrogens is 374 g/mol. The predicted molar refractivity (Wildman–Crippen MR) is 97.8 cm³/mol. The Labute approximate surface area is 149 Å². The van der Waals surface area contributed by atoms with Crippen molar-refractivity contribution >= 4 is 33.6 Å². The van der Waals surface area contributed by atoms with E-state index in [1.54, 1.807) is 7.11 Å². The molecule has 1 heterocycles. The number of halogens is 1. The second kappa shape index (κ2) is 7.41. The Hall–Kier alpha value is -1.46. The Balaban J connectivity index is 1.77. The highest BCUT2D eigenvalue weighted by Crippen LogP contribution is 2.38. The van der Waals surface area contributed by atoms with Gasteiger partial charge in [0.15, 0.2) is 0 Å². The van der Waals surface area contributed by atoms with Crippen molar-refractivity contribution in [1.29, 1.82) is 0 Å². The molecule has 1 saturated heterocycles. The van der Waals surface area contributed by atoms with Crippen molar-refractivity contribution in [1.82, 2.24) is 4.90 Å². The molecule has 1 fully saturated rings. The first-order valence-electron chi connectivity index (χ1n) is 7.47.